The van der Waals surface area contributed by atoms with Gasteiger partial charge >= 0.3 is 5.97 Å². The summed E-state index contributed by atoms with van der Waals surface area (Å²) in [4.78, 5) is 11.0. The van der Waals surface area contributed by atoms with Crippen molar-refractivity contribution in [1.82, 2.24) is 0 Å². The molecular weight excluding hydrogens is 200 g/mol. The fourth-order valence-electron chi connectivity index (χ4n) is 1.16. The van der Waals surface area contributed by atoms with Crippen LogP contribution in [0.1, 0.15) is 17.2 Å². The monoisotopic (exact) mass is 212 g/mol. The maximum absolute atomic E-state index is 11.0. The third-order valence-electron chi connectivity index (χ3n) is 2.10. The quantitative estimate of drug-likeness (QED) is 0.494. The standard InChI is InChI=1S/C10H12O5/c1-5-3-4-6(8(12)7(5)11)9(13)10(14)15-2/h3-4,9,11-13H,1-2H3. The van der Waals surface area contributed by atoms with E-state index in [0.29, 0.717) is 5.56 Å². The Balaban J connectivity index is 3.16. The Morgan fingerprint density at radius 1 is 1.33 bits per heavy atom. The van der Waals surface area contributed by atoms with Gasteiger partial charge in [0.1, 0.15) is 0 Å². The number of rotatable bonds is 2. The highest BCUT2D eigenvalue weighted by atomic mass is 16.5. The molecule has 5 nitrogen and oxygen atoms in total. The number of esters is 1. The van der Waals surface area contributed by atoms with Crippen molar-refractivity contribution in [2.75, 3.05) is 7.11 Å². The van der Waals surface area contributed by atoms with Crippen molar-refractivity contribution >= 4 is 5.97 Å². The normalized spacial score (nSPS) is 12.2. The summed E-state index contributed by atoms with van der Waals surface area (Å²) in [5.41, 5.74) is 0.373. The van der Waals surface area contributed by atoms with Crippen molar-refractivity contribution in [2.45, 2.75) is 13.0 Å². The zero-order chi connectivity index (χ0) is 11.6. The topological polar surface area (TPSA) is 87.0 Å². The van der Waals surface area contributed by atoms with E-state index < -0.39 is 17.8 Å². The minimum absolute atomic E-state index is 0.0787. The summed E-state index contributed by atoms with van der Waals surface area (Å²) in [5, 5.41) is 28.3. The molecule has 0 saturated carbocycles. The SMILES string of the molecule is COC(=O)C(O)c1ccc(C)c(O)c1O. The predicted molar refractivity (Wildman–Crippen MR) is 51.5 cm³/mol. The van der Waals surface area contributed by atoms with E-state index in [1.54, 1.807) is 6.92 Å². The van der Waals surface area contributed by atoms with Gasteiger partial charge in [-0.15, -0.1) is 0 Å². The Bertz CT molecular complexity index is 386. The van der Waals surface area contributed by atoms with Crippen LogP contribution in [0.4, 0.5) is 0 Å². The Morgan fingerprint density at radius 3 is 2.47 bits per heavy atom. The fraction of sp³-hybridized carbons (Fsp3) is 0.300. The van der Waals surface area contributed by atoms with Crippen LogP contribution in [0.5, 0.6) is 11.5 Å². The lowest BCUT2D eigenvalue weighted by Gasteiger charge is -2.12. The van der Waals surface area contributed by atoms with Crippen LogP contribution >= 0.6 is 0 Å². The second-order valence-electron chi connectivity index (χ2n) is 3.09. The number of carbonyl (C=O) groups is 1. The number of phenolic OH excluding ortho intramolecular Hbond substituents is 2. The number of aliphatic hydroxyl groups is 1. The first-order valence-electron chi connectivity index (χ1n) is 4.26. The maximum Gasteiger partial charge on any atom is 0.339 e. The molecule has 0 fully saturated rings. The van der Waals surface area contributed by atoms with Crippen LogP contribution in [0.2, 0.25) is 0 Å². The molecule has 0 spiro atoms. The van der Waals surface area contributed by atoms with E-state index in [2.05, 4.69) is 4.74 Å². The molecule has 1 aromatic carbocycles. The highest BCUT2D eigenvalue weighted by Gasteiger charge is 2.23. The summed E-state index contributed by atoms with van der Waals surface area (Å²) in [7, 11) is 1.12. The van der Waals surface area contributed by atoms with Gasteiger partial charge in [0.15, 0.2) is 17.6 Å². The van der Waals surface area contributed by atoms with Gasteiger partial charge in [0, 0.05) is 5.56 Å². The van der Waals surface area contributed by atoms with Crippen LogP contribution in [0.25, 0.3) is 0 Å². The van der Waals surface area contributed by atoms with E-state index in [-0.39, 0.29) is 11.3 Å². The zero-order valence-electron chi connectivity index (χ0n) is 8.39. The number of aryl methyl sites for hydroxylation is 1. The van der Waals surface area contributed by atoms with Crippen molar-refractivity contribution in [1.29, 1.82) is 0 Å². The summed E-state index contributed by atoms with van der Waals surface area (Å²) in [6.07, 6.45) is -1.60. The molecule has 1 aromatic rings. The molecule has 0 aliphatic rings. The minimum Gasteiger partial charge on any atom is -0.504 e. The van der Waals surface area contributed by atoms with Gasteiger partial charge in [-0.25, -0.2) is 4.79 Å². The molecule has 1 unspecified atom stereocenters. The summed E-state index contributed by atoms with van der Waals surface area (Å²) in [6, 6.07) is 2.84. The average molecular weight is 212 g/mol. The Hall–Kier alpha value is -1.75. The summed E-state index contributed by atoms with van der Waals surface area (Å²) in [5.74, 6) is -1.75. The molecule has 15 heavy (non-hydrogen) atoms. The molecule has 0 aliphatic carbocycles. The van der Waals surface area contributed by atoms with Crippen LogP contribution in [0, 0.1) is 6.92 Å². The largest absolute Gasteiger partial charge is 0.504 e. The molecule has 0 amide bonds. The number of ether oxygens (including phenoxy) is 1. The van der Waals surface area contributed by atoms with Crippen LogP contribution < -0.4 is 0 Å². The molecule has 1 atom stereocenters. The first-order valence-corrected chi connectivity index (χ1v) is 4.26. The maximum atomic E-state index is 11.0. The molecule has 0 aliphatic heterocycles. The Labute approximate surface area is 86.5 Å². The van der Waals surface area contributed by atoms with E-state index in [0.717, 1.165) is 7.11 Å². The molecule has 82 valence electrons. The van der Waals surface area contributed by atoms with E-state index in [1.165, 1.54) is 12.1 Å². The summed E-state index contributed by atoms with van der Waals surface area (Å²) >= 11 is 0. The number of hydrogen-bond acceptors (Lipinski definition) is 5. The van der Waals surface area contributed by atoms with Crippen molar-refractivity contribution in [2.24, 2.45) is 0 Å². The first-order chi connectivity index (χ1) is 6.99. The lowest BCUT2D eigenvalue weighted by molar-refractivity contribution is -0.150. The second-order valence-corrected chi connectivity index (χ2v) is 3.09. The number of methoxy groups -OCH3 is 1. The number of aliphatic hydroxyl groups excluding tert-OH is 1. The van der Waals surface area contributed by atoms with Crippen LogP contribution in [0.15, 0.2) is 12.1 Å². The third-order valence-corrected chi connectivity index (χ3v) is 2.10. The zero-order valence-corrected chi connectivity index (χ0v) is 8.39. The van der Waals surface area contributed by atoms with Gasteiger partial charge in [0.05, 0.1) is 7.11 Å². The number of aromatic hydroxyl groups is 2. The third kappa shape index (κ3) is 2.02. The summed E-state index contributed by atoms with van der Waals surface area (Å²) in [6.45, 7) is 1.59. The smallest absolute Gasteiger partial charge is 0.339 e. The first kappa shape index (κ1) is 11.3. The van der Waals surface area contributed by atoms with E-state index in [1.807, 2.05) is 0 Å². The van der Waals surface area contributed by atoms with Crippen molar-refractivity contribution in [3.8, 4) is 11.5 Å². The van der Waals surface area contributed by atoms with Crippen molar-refractivity contribution in [3.63, 3.8) is 0 Å². The van der Waals surface area contributed by atoms with Gasteiger partial charge in [0.2, 0.25) is 0 Å². The Kier molecular flexibility index (Phi) is 3.16. The van der Waals surface area contributed by atoms with Gasteiger partial charge in [-0.2, -0.15) is 0 Å². The van der Waals surface area contributed by atoms with E-state index in [4.69, 9.17) is 0 Å². The lowest BCUT2D eigenvalue weighted by atomic mass is 10.0. The van der Waals surface area contributed by atoms with Gasteiger partial charge in [-0.1, -0.05) is 12.1 Å². The van der Waals surface area contributed by atoms with Gasteiger partial charge in [-0.3, -0.25) is 0 Å². The average Bonchev–Trinajstić information content (AvgIpc) is 2.24. The highest BCUT2D eigenvalue weighted by molar-refractivity contribution is 5.77. The molecule has 0 heterocycles. The number of benzene rings is 1. The summed E-state index contributed by atoms with van der Waals surface area (Å²) < 4.78 is 4.31. The molecule has 0 radical (unpaired) electrons. The molecule has 0 saturated heterocycles. The van der Waals surface area contributed by atoms with Crippen LogP contribution in [-0.4, -0.2) is 28.4 Å². The second kappa shape index (κ2) is 4.18. The van der Waals surface area contributed by atoms with Gasteiger partial charge in [0.25, 0.3) is 0 Å². The number of carbonyl (C=O) groups excluding carboxylic acids is 1. The van der Waals surface area contributed by atoms with E-state index >= 15 is 0 Å². The molecule has 0 bridgehead atoms. The van der Waals surface area contributed by atoms with E-state index in [9.17, 15) is 20.1 Å². The molecule has 1 rings (SSSR count). The molecule has 3 N–H and O–H groups in total. The fourth-order valence-corrected chi connectivity index (χ4v) is 1.16. The molecule has 0 aromatic heterocycles. The predicted octanol–water partition coefficient (Wildman–Crippen LogP) is 0.613. The minimum atomic E-state index is -1.60. The molecular formula is C10H12O5. The van der Waals surface area contributed by atoms with Crippen LogP contribution in [0.3, 0.4) is 0 Å². The van der Waals surface area contributed by atoms with Crippen molar-refractivity contribution in [3.05, 3.63) is 23.3 Å². The Morgan fingerprint density at radius 2 is 1.93 bits per heavy atom. The van der Waals surface area contributed by atoms with Gasteiger partial charge < -0.3 is 20.1 Å². The number of hydrogen-bond donors (Lipinski definition) is 3. The number of phenols is 2. The van der Waals surface area contributed by atoms with Crippen molar-refractivity contribution < 1.29 is 24.9 Å². The highest BCUT2D eigenvalue weighted by Crippen LogP contribution is 2.35. The molecule has 5 heteroatoms. The lowest BCUT2D eigenvalue weighted by Crippen LogP contribution is -2.13. The van der Waals surface area contributed by atoms with Crippen LogP contribution in [-0.2, 0) is 9.53 Å². The van der Waals surface area contributed by atoms with Gasteiger partial charge in [-0.05, 0) is 12.5 Å².